The first-order chi connectivity index (χ1) is 7.00. The van der Waals surface area contributed by atoms with Gasteiger partial charge in [-0.3, -0.25) is 10.1 Å². The van der Waals surface area contributed by atoms with E-state index in [1.165, 1.54) is 4.90 Å². The summed E-state index contributed by atoms with van der Waals surface area (Å²) in [7, 11) is 0. The summed E-state index contributed by atoms with van der Waals surface area (Å²) in [5.41, 5.74) is 1.38. The molecule has 2 rings (SSSR count). The number of nitro groups is 1. The Morgan fingerprint density at radius 1 is 1.47 bits per heavy atom. The highest BCUT2D eigenvalue weighted by atomic mass is 32.2. The molecular formula is C11H13NO2S. The Morgan fingerprint density at radius 3 is 2.87 bits per heavy atom. The first-order valence-corrected chi connectivity index (χ1v) is 5.91. The fraction of sp³-hybridized carbons (Fsp3) is 0.455. The molecule has 0 aromatic heterocycles. The summed E-state index contributed by atoms with van der Waals surface area (Å²) < 4.78 is 0. The van der Waals surface area contributed by atoms with Gasteiger partial charge in [0.2, 0.25) is 0 Å². The van der Waals surface area contributed by atoms with Crippen molar-refractivity contribution < 1.29 is 4.92 Å². The average Bonchev–Trinajstić information content (AvgIpc) is 2.17. The van der Waals surface area contributed by atoms with Crippen LogP contribution in [0.2, 0.25) is 0 Å². The first kappa shape index (κ1) is 10.5. The Hall–Kier alpha value is -1.03. The van der Waals surface area contributed by atoms with Crippen molar-refractivity contribution in [3.05, 3.63) is 33.9 Å². The number of nitro benzene ring substituents is 1. The van der Waals surface area contributed by atoms with Crippen LogP contribution in [0.3, 0.4) is 0 Å². The highest BCUT2D eigenvalue weighted by Gasteiger charge is 2.29. The Balaban J connectivity index is 2.53. The molecule has 3 nitrogen and oxygen atoms in total. The summed E-state index contributed by atoms with van der Waals surface area (Å²) >= 11 is 1.79. The number of nitrogens with zero attached hydrogens (tertiary/aromatic N) is 1. The minimum absolute atomic E-state index is 0.0621. The van der Waals surface area contributed by atoms with Crippen molar-refractivity contribution in [1.82, 2.24) is 0 Å². The third-order valence-electron chi connectivity index (χ3n) is 2.89. The SMILES string of the molecule is CC1(C)CCSc2ccc([N+](=O)[O-])cc21. The molecule has 0 amide bonds. The zero-order valence-corrected chi connectivity index (χ0v) is 9.63. The van der Waals surface area contributed by atoms with Gasteiger partial charge < -0.3 is 0 Å². The Bertz CT molecular complexity index is 415. The molecule has 0 spiro atoms. The molecule has 1 aliphatic heterocycles. The smallest absolute Gasteiger partial charge is 0.258 e. The maximum Gasteiger partial charge on any atom is 0.269 e. The lowest BCUT2D eigenvalue weighted by Gasteiger charge is -2.31. The molecule has 0 unspecified atom stereocenters. The minimum atomic E-state index is -0.324. The van der Waals surface area contributed by atoms with Gasteiger partial charge in [-0.05, 0) is 29.2 Å². The van der Waals surface area contributed by atoms with Crippen LogP contribution in [0.1, 0.15) is 25.8 Å². The number of hydrogen-bond acceptors (Lipinski definition) is 3. The van der Waals surface area contributed by atoms with E-state index in [1.807, 2.05) is 6.07 Å². The van der Waals surface area contributed by atoms with Crippen molar-refractivity contribution in [2.24, 2.45) is 0 Å². The standard InChI is InChI=1S/C11H13NO2S/c1-11(2)5-6-15-10-4-3-8(12(13)14)7-9(10)11/h3-4,7H,5-6H2,1-2H3. The second-order valence-electron chi connectivity index (χ2n) is 4.42. The van der Waals surface area contributed by atoms with Crippen molar-refractivity contribution in [2.75, 3.05) is 5.75 Å². The van der Waals surface area contributed by atoms with Crippen molar-refractivity contribution in [3.8, 4) is 0 Å². The number of hydrogen-bond donors (Lipinski definition) is 0. The van der Waals surface area contributed by atoms with Gasteiger partial charge in [0.25, 0.3) is 5.69 Å². The van der Waals surface area contributed by atoms with Gasteiger partial charge >= 0.3 is 0 Å². The minimum Gasteiger partial charge on any atom is -0.258 e. The molecule has 0 saturated heterocycles. The van der Waals surface area contributed by atoms with Crippen molar-refractivity contribution in [2.45, 2.75) is 30.6 Å². The maximum atomic E-state index is 10.7. The van der Waals surface area contributed by atoms with E-state index in [-0.39, 0.29) is 16.0 Å². The van der Waals surface area contributed by atoms with Crippen molar-refractivity contribution >= 4 is 17.4 Å². The van der Waals surface area contributed by atoms with Gasteiger partial charge in [-0.1, -0.05) is 13.8 Å². The van der Waals surface area contributed by atoms with Gasteiger partial charge in [-0.2, -0.15) is 0 Å². The van der Waals surface area contributed by atoms with Gasteiger partial charge in [0.05, 0.1) is 4.92 Å². The third-order valence-corrected chi connectivity index (χ3v) is 3.96. The molecule has 1 aromatic carbocycles. The summed E-state index contributed by atoms with van der Waals surface area (Å²) in [5, 5.41) is 10.7. The molecular weight excluding hydrogens is 210 g/mol. The zero-order chi connectivity index (χ0) is 11.1. The highest BCUT2D eigenvalue weighted by Crippen LogP contribution is 2.42. The molecule has 1 aromatic rings. The van der Waals surface area contributed by atoms with E-state index in [2.05, 4.69) is 13.8 Å². The van der Waals surface area contributed by atoms with E-state index in [0.29, 0.717) is 0 Å². The quantitative estimate of drug-likeness (QED) is 0.541. The van der Waals surface area contributed by atoms with Gasteiger partial charge in [0, 0.05) is 17.0 Å². The maximum absolute atomic E-state index is 10.7. The van der Waals surface area contributed by atoms with E-state index >= 15 is 0 Å². The lowest BCUT2D eigenvalue weighted by atomic mass is 9.81. The third kappa shape index (κ3) is 1.86. The zero-order valence-electron chi connectivity index (χ0n) is 8.82. The summed E-state index contributed by atoms with van der Waals surface area (Å²) in [6, 6.07) is 5.19. The molecule has 1 aliphatic rings. The van der Waals surface area contributed by atoms with Crippen LogP contribution >= 0.6 is 11.8 Å². The number of non-ortho nitro benzene ring substituents is 1. The lowest BCUT2D eigenvalue weighted by Crippen LogP contribution is -2.22. The molecule has 0 fully saturated rings. The molecule has 1 heterocycles. The van der Waals surface area contributed by atoms with E-state index in [1.54, 1.807) is 23.9 Å². The molecule has 0 saturated carbocycles. The summed E-state index contributed by atoms with van der Waals surface area (Å²) in [6.45, 7) is 4.30. The van der Waals surface area contributed by atoms with E-state index < -0.39 is 0 Å². The predicted molar refractivity (Wildman–Crippen MR) is 61.5 cm³/mol. The van der Waals surface area contributed by atoms with Crippen LogP contribution in [-0.2, 0) is 5.41 Å². The summed E-state index contributed by atoms with van der Waals surface area (Å²) in [4.78, 5) is 11.6. The van der Waals surface area contributed by atoms with Gasteiger partial charge in [0.1, 0.15) is 0 Å². The molecule has 0 bridgehead atoms. The van der Waals surface area contributed by atoms with E-state index in [9.17, 15) is 10.1 Å². The number of fused-ring (bicyclic) bond motifs is 1. The van der Waals surface area contributed by atoms with Gasteiger partial charge in [0.15, 0.2) is 0 Å². The van der Waals surface area contributed by atoms with Crippen LogP contribution in [0.15, 0.2) is 23.1 Å². The predicted octanol–water partition coefficient (Wildman–Crippen LogP) is 3.37. The van der Waals surface area contributed by atoms with Crippen LogP contribution in [0.4, 0.5) is 5.69 Å². The van der Waals surface area contributed by atoms with Crippen LogP contribution in [0.5, 0.6) is 0 Å². The number of thioether (sulfide) groups is 1. The second-order valence-corrected chi connectivity index (χ2v) is 5.56. The normalized spacial score (nSPS) is 18.3. The van der Waals surface area contributed by atoms with Crippen LogP contribution in [-0.4, -0.2) is 10.7 Å². The van der Waals surface area contributed by atoms with E-state index in [0.717, 1.165) is 17.7 Å². The molecule has 80 valence electrons. The van der Waals surface area contributed by atoms with Crippen molar-refractivity contribution in [3.63, 3.8) is 0 Å². The Labute approximate surface area is 93.0 Å². The van der Waals surface area contributed by atoms with Crippen molar-refractivity contribution in [1.29, 1.82) is 0 Å². The summed E-state index contributed by atoms with van der Waals surface area (Å²) in [5.74, 6) is 1.10. The monoisotopic (exact) mass is 223 g/mol. The highest BCUT2D eigenvalue weighted by molar-refractivity contribution is 7.99. The van der Waals surface area contributed by atoms with Crippen LogP contribution in [0.25, 0.3) is 0 Å². The molecule has 0 N–H and O–H groups in total. The molecule has 0 aliphatic carbocycles. The molecule has 0 atom stereocenters. The van der Waals surface area contributed by atoms with Gasteiger partial charge in [-0.25, -0.2) is 0 Å². The van der Waals surface area contributed by atoms with Crippen LogP contribution in [0, 0.1) is 10.1 Å². The topological polar surface area (TPSA) is 43.1 Å². The number of benzene rings is 1. The fourth-order valence-corrected chi connectivity index (χ4v) is 3.32. The largest absolute Gasteiger partial charge is 0.269 e. The van der Waals surface area contributed by atoms with E-state index in [4.69, 9.17) is 0 Å². The Morgan fingerprint density at radius 2 is 2.20 bits per heavy atom. The van der Waals surface area contributed by atoms with Gasteiger partial charge in [-0.15, -0.1) is 11.8 Å². The first-order valence-electron chi connectivity index (χ1n) is 4.92. The number of rotatable bonds is 1. The lowest BCUT2D eigenvalue weighted by molar-refractivity contribution is -0.385. The fourth-order valence-electron chi connectivity index (χ4n) is 1.84. The average molecular weight is 223 g/mol. The van der Waals surface area contributed by atoms with Crippen LogP contribution < -0.4 is 0 Å². The second kappa shape index (κ2) is 3.52. The Kier molecular flexibility index (Phi) is 2.46. The molecule has 4 heteroatoms. The molecule has 15 heavy (non-hydrogen) atoms. The summed E-state index contributed by atoms with van der Waals surface area (Å²) in [6.07, 6.45) is 1.08. The molecule has 0 radical (unpaired) electrons.